The molecular formula is C13H17F2N3O2. The fourth-order valence-corrected chi connectivity index (χ4v) is 2.55. The average molecular weight is 285 g/mol. The summed E-state index contributed by atoms with van der Waals surface area (Å²) in [4.78, 5) is 11.9. The van der Waals surface area contributed by atoms with Gasteiger partial charge in [-0.3, -0.25) is 10.1 Å². The SMILES string of the molecule is CNC1CCCN(c2ccc([N+](=O)[O-])cc2C(F)F)C1. The van der Waals surface area contributed by atoms with E-state index in [4.69, 9.17) is 0 Å². The lowest BCUT2D eigenvalue weighted by molar-refractivity contribution is -0.385. The van der Waals surface area contributed by atoms with E-state index in [2.05, 4.69) is 5.32 Å². The molecule has 1 aromatic carbocycles. The highest BCUT2D eigenvalue weighted by Gasteiger charge is 2.25. The minimum Gasteiger partial charge on any atom is -0.370 e. The molecule has 1 aliphatic heterocycles. The number of nitrogens with one attached hydrogen (secondary N) is 1. The van der Waals surface area contributed by atoms with Crippen molar-refractivity contribution >= 4 is 11.4 Å². The van der Waals surface area contributed by atoms with Crippen molar-refractivity contribution in [2.24, 2.45) is 0 Å². The lowest BCUT2D eigenvalue weighted by Gasteiger charge is -2.35. The molecule has 1 aromatic rings. The van der Waals surface area contributed by atoms with Crippen LogP contribution in [0.3, 0.4) is 0 Å². The minimum atomic E-state index is -2.72. The van der Waals surface area contributed by atoms with Crippen LogP contribution < -0.4 is 10.2 Å². The van der Waals surface area contributed by atoms with E-state index in [1.807, 2.05) is 11.9 Å². The summed E-state index contributed by atoms with van der Waals surface area (Å²) in [6, 6.07) is 3.94. The lowest BCUT2D eigenvalue weighted by atomic mass is 10.0. The first-order valence-corrected chi connectivity index (χ1v) is 6.51. The third kappa shape index (κ3) is 3.04. The largest absolute Gasteiger partial charge is 0.370 e. The highest BCUT2D eigenvalue weighted by atomic mass is 19.3. The smallest absolute Gasteiger partial charge is 0.270 e. The number of piperidine rings is 1. The Kier molecular flexibility index (Phi) is 4.49. The Bertz CT molecular complexity index is 497. The van der Waals surface area contributed by atoms with Gasteiger partial charge in [0.05, 0.1) is 4.92 Å². The van der Waals surface area contributed by atoms with Crippen LogP contribution in [-0.4, -0.2) is 31.1 Å². The summed E-state index contributed by atoms with van der Waals surface area (Å²) in [6.45, 7) is 1.32. The third-order valence-electron chi connectivity index (χ3n) is 3.63. The summed E-state index contributed by atoms with van der Waals surface area (Å²) in [5, 5.41) is 13.8. The molecule has 0 bridgehead atoms. The second-order valence-corrected chi connectivity index (χ2v) is 4.87. The Labute approximate surface area is 115 Å². The van der Waals surface area contributed by atoms with Crippen LogP contribution in [0.2, 0.25) is 0 Å². The number of rotatable bonds is 4. The zero-order valence-corrected chi connectivity index (χ0v) is 11.2. The molecule has 0 spiro atoms. The zero-order valence-electron chi connectivity index (χ0n) is 11.2. The van der Waals surface area contributed by atoms with Gasteiger partial charge in [-0.05, 0) is 26.0 Å². The zero-order chi connectivity index (χ0) is 14.7. The van der Waals surface area contributed by atoms with E-state index < -0.39 is 11.3 Å². The van der Waals surface area contributed by atoms with E-state index in [-0.39, 0.29) is 17.3 Å². The molecule has 20 heavy (non-hydrogen) atoms. The number of nitrogens with zero attached hydrogens (tertiary/aromatic N) is 2. The van der Waals surface area contributed by atoms with Crippen LogP contribution in [0.4, 0.5) is 20.2 Å². The minimum absolute atomic E-state index is 0.254. The predicted molar refractivity (Wildman–Crippen MR) is 72.3 cm³/mol. The Morgan fingerprint density at radius 3 is 2.85 bits per heavy atom. The number of nitro benzene ring substituents is 1. The molecule has 1 saturated heterocycles. The van der Waals surface area contributed by atoms with Gasteiger partial charge in [0, 0.05) is 42.5 Å². The first-order chi connectivity index (χ1) is 9.52. The number of likely N-dealkylation sites (N-methyl/N-ethyl adjacent to an activating group) is 1. The van der Waals surface area contributed by atoms with Crippen LogP contribution in [0.1, 0.15) is 24.8 Å². The standard InChI is InChI=1S/C13H17F2N3O2/c1-16-9-3-2-6-17(8-9)12-5-4-10(18(19)20)7-11(12)13(14)15/h4-5,7,9,13,16H,2-3,6,8H2,1H3. The number of alkyl halides is 2. The van der Waals surface area contributed by atoms with Gasteiger partial charge in [0.1, 0.15) is 0 Å². The molecule has 5 nitrogen and oxygen atoms in total. The number of hydrogen-bond acceptors (Lipinski definition) is 4. The molecule has 1 aliphatic rings. The van der Waals surface area contributed by atoms with E-state index in [1.165, 1.54) is 12.1 Å². The van der Waals surface area contributed by atoms with Crippen LogP contribution in [0.25, 0.3) is 0 Å². The Hall–Kier alpha value is -1.76. The highest BCUT2D eigenvalue weighted by Crippen LogP contribution is 2.34. The van der Waals surface area contributed by atoms with Crippen molar-refractivity contribution in [3.8, 4) is 0 Å². The summed E-state index contributed by atoms with van der Waals surface area (Å²) in [5.74, 6) is 0. The quantitative estimate of drug-likeness (QED) is 0.682. The van der Waals surface area contributed by atoms with Gasteiger partial charge in [-0.15, -0.1) is 0 Å². The van der Waals surface area contributed by atoms with Crippen molar-refractivity contribution in [3.05, 3.63) is 33.9 Å². The van der Waals surface area contributed by atoms with Gasteiger partial charge in [0.15, 0.2) is 0 Å². The topological polar surface area (TPSA) is 58.4 Å². The molecule has 1 N–H and O–H groups in total. The monoisotopic (exact) mass is 285 g/mol. The molecule has 0 amide bonds. The van der Waals surface area contributed by atoms with Gasteiger partial charge >= 0.3 is 0 Å². The molecule has 1 fully saturated rings. The molecule has 7 heteroatoms. The summed E-state index contributed by atoms with van der Waals surface area (Å²) in [7, 11) is 1.85. The first-order valence-electron chi connectivity index (χ1n) is 6.51. The number of halogens is 2. The molecule has 2 rings (SSSR count). The molecule has 0 saturated carbocycles. The average Bonchev–Trinajstić information content (AvgIpc) is 2.46. The molecule has 0 radical (unpaired) electrons. The number of hydrogen-bond donors (Lipinski definition) is 1. The van der Waals surface area contributed by atoms with Crippen molar-refractivity contribution < 1.29 is 13.7 Å². The van der Waals surface area contributed by atoms with Crippen LogP contribution in [0.5, 0.6) is 0 Å². The second kappa shape index (κ2) is 6.13. The third-order valence-corrected chi connectivity index (χ3v) is 3.63. The fraction of sp³-hybridized carbons (Fsp3) is 0.538. The molecular weight excluding hydrogens is 268 g/mol. The Morgan fingerprint density at radius 2 is 2.25 bits per heavy atom. The number of anilines is 1. The summed E-state index contributed by atoms with van der Waals surface area (Å²) < 4.78 is 26.3. The van der Waals surface area contributed by atoms with Crippen molar-refractivity contribution in [2.75, 3.05) is 25.0 Å². The summed E-state index contributed by atoms with van der Waals surface area (Å²) >= 11 is 0. The molecule has 0 aliphatic carbocycles. The summed E-state index contributed by atoms with van der Waals surface area (Å²) in [5.41, 5.74) is -0.173. The van der Waals surface area contributed by atoms with Crippen LogP contribution >= 0.6 is 0 Å². The van der Waals surface area contributed by atoms with E-state index in [0.29, 0.717) is 18.8 Å². The van der Waals surface area contributed by atoms with Gasteiger partial charge in [-0.25, -0.2) is 8.78 Å². The molecule has 1 heterocycles. The fourth-order valence-electron chi connectivity index (χ4n) is 2.55. The van der Waals surface area contributed by atoms with Gasteiger partial charge in [0.2, 0.25) is 0 Å². The van der Waals surface area contributed by atoms with Crippen LogP contribution in [0, 0.1) is 10.1 Å². The van der Waals surface area contributed by atoms with Gasteiger partial charge in [-0.2, -0.15) is 0 Å². The lowest BCUT2D eigenvalue weighted by Crippen LogP contribution is -2.44. The maximum Gasteiger partial charge on any atom is 0.270 e. The molecule has 0 aromatic heterocycles. The van der Waals surface area contributed by atoms with Crippen LogP contribution in [0.15, 0.2) is 18.2 Å². The maximum atomic E-state index is 13.1. The highest BCUT2D eigenvalue weighted by molar-refractivity contribution is 5.59. The van der Waals surface area contributed by atoms with Crippen molar-refractivity contribution in [2.45, 2.75) is 25.3 Å². The predicted octanol–water partition coefficient (Wildman–Crippen LogP) is 2.72. The van der Waals surface area contributed by atoms with Gasteiger partial charge in [-0.1, -0.05) is 0 Å². The van der Waals surface area contributed by atoms with E-state index in [0.717, 1.165) is 18.9 Å². The normalized spacial score (nSPS) is 19.4. The van der Waals surface area contributed by atoms with Crippen molar-refractivity contribution in [3.63, 3.8) is 0 Å². The van der Waals surface area contributed by atoms with Gasteiger partial charge < -0.3 is 10.2 Å². The Balaban J connectivity index is 2.32. The van der Waals surface area contributed by atoms with E-state index >= 15 is 0 Å². The van der Waals surface area contributed by atoms with Crippen LogP contribution in [-0.2, 0) is 0 Å². The second-order valence-electron chi connectivity index (χ2n) is 4.87. The Morgan fingerprint density at radius 1 is 1.50 bits per heavy atom. The first kappa shape index (κ1) is 14.6. The maximum absolute atomic E-state index is 13.1. The number of non-ortho nitro benzene ring substituents is 1. The van der Waals surface area contributed by atoms with E-state index in [1.54, 1.807) is 0 Å². The van der Waals surface area contributed by atoms with Crippen molar-refractivity contribution in [1.82, 2.24) is 5.32 Å². The van der Waals surface area contributed by atoms with Gasteiger partial charge in [0.25, 0.3) is 12.1 Å². The van der Waals surface area contributed by atoms with E-state index in [9.17, 15) is 18.9 Å². The molecule has 110 valence electrons. The van der Waals surface area contributed by atoms with Crippen molar-refractivity contribution in [1.29, 1.82) is 0 Å². The molecule has 1 atom stereocenters. The number of benzene rings is 1. The summed E-state index contributed by atoms with van der Waals surface area (Å²) in [6.07, 6.45) is -0.810. The number of nitro groups is 1. The molecule has 1 unspecified atom stereocenters.